The molecule has 1 N–H and O–H groups in total. The van der Waals surface area contributed by atoms with Crippen LogP contribution in [0.15, 0.2) is 54.6 Å². The molecule has 0 aliphatic rings. The SMILES string of the molecule is O=S(=O)(Cc1ccccc1)Nc1ccc(C(F)(F)F)cc1. The summed E-state index contributed by atoms with van der Waals surface area (Å²) in [6, 6.07) is 12.3. The maximum absolute atomic E-state index is 12.4. The maximum atomic E-state index is 12.4. The molecule has 0 amide bonds. The van der Waals surface area contributed by atoms with Gasteiger partial charge in [0.25, 0.3) is 0 Å². The van der Waals surface area contributed by atoms with E-state index >= 15 is 0 Å². The molecule has 21 heavy (non-hydrogen) atoms. The smallest absolute Gasteiger partial charge is 0.283 e. The summed E-state index contributed by atoms with van der Waals surface area (Å²) in [6.07, 6.45) is -4.44. The second-order valence-electron chi connectivity index (χ2n) is 4.42. The molecular formula is C14H12F3NO2S. The average molecular weight is 315 g/mol. The van der Waals surface area contributed by atoms with Gasteiger partial charge < -0.3 is 0 Å². The van der Waals surface area contributed by atoms with Crippen LogP contribution in [0.4, 0.5) is 18.9 Å². The van der Waals surface area contributed by atoms with E-state index in [-0.39, 0.29) is 11.4 Å². The molecular weight excluding hydrogens is 303 g/mol. The highest BCUT2D eigenvalue weighted by atomic mass is 32.2. The molecule has 2 aromatic rings. The Morgan fingerprint density at radius 1 is 0.905 bits per heavy atom. The predicted molar refractivity (Wildman–Crippen MR) is 74.1 cm³/mol. The minimum atomic E-state index is -4.44. The van der Waals surface area contributed by atoms with Crippen LogP contribution in [0.25, 0.3) is 0 Å². The lowest BCUT2D eigenvalue weighted by molar-refractivity contribution is -0.137. The van der Waals surface area contributed by atoms with Gasteiger partial charge in [-0.15, -0.1) is 0 Å². The third kappa shape index (κ3) is 4.49. The van der Waals surface area contributed by atoms with Gasteiger partial charge in [-0.05, 0) is 29.8 Å². The van der Waals surface area contributed by atoms with Crippen LogP contribution >= 0.6 is 0 Å². The Morgan fingerprint density at radius 3 is 2.00 bits per heavy atom. The van der Waals surface area contributed by atoms with Crippen molar-refractivity contribution in [2.75, 3.05) is 4.72 Å². The quantitative estimate of drug-likeness (QED) is 0.936. The third-order valence-corrected chi connectivity index (χ3v) is 3.95. The Balaban J connectivity index is 2.10. The molecule has 2 aromatic carbocycles. The molecule has 0 heterocycles. The van der Waals surface area contributed by atoms with E-state index in [0.717, 1.165) is 24.3 Å². The summed E-state index contributed by atoms with van der Waals surface area (Å²) in [6.45, 7) is 0. The molecule has 0 spiro atoms. The Labute approximate surface area is 120 Å². The summed E-state index contributed by atoms with van der Waals surface area (Å²) in [5, 5.41) is 0. The molecule has 0 saturated heterocycles. The van der Waals surface area contributed by atoms with Gasteiger partial charge in [0.05, 0.1) is 11.3 Å². The van der Waals surface area contributed by atoms with Crippen LogP contribution in [0.5, 0.6) is 0 Å². The van der Waals surface area contributed by atoms with Crippen LogP contribution in [0, 0.1) is 0 Å². The van der Waals surface area contributed by atoms with Crippen LogP contribution in [0.1, 0.15) is 11.1 Å². The van der Waals surface area contributed by atoms with Crippen molar-refractivity contribution < 1.29 is 21.6 Å². The molecule has 7 heteroatoms. The number of benzene rings is 2. The minimum absolute atomic E-state index is 0.0962. The van der Waals surface area contributed by atoms with Gasteiger partial charge in [-0.3, -0.25) is 4.72 Å². The predicted octanol–water partition coefficient (Wildman–Crippen LogP) is 3.65. The van der Waals surface area contributed by atoms with Crippen LogP contribution in [-0.2, 0) is 22.0 Å². The summed E-state index contributed by atoms with van der Waals surface area (Å²) in [7, 11) is -3.67. The zero-order valence-corrected chi connectivity index (χ0v) is 11.6. The molecule has 0 radical (unpaired) electrons. The molecule has 0 aliphatic carbocycles. The van der Waals surface area contributed by atoms with E-state index < -0.39 is 21.8 Å². The normalized spacial score (nSPS) is 12.1. The fourth-order valence-electron chi connectivity index (χ4n) is 1.74. The minimum Gasteiger partial charge on any atom is -0.283 e. The van der Waals surface area contributed by atoms with Crippen molar-refractivity contribution in [3.05, 3.63) is 65.7 Å². The van der Waals surface area contributed by atoms with Gasteiger partial charge in [-0.2, -0.15) is 13.2 Å². The van der Waals surface area contributed by atoms with Crippen molar-refractivity contribution in [1.82, 2.24) is 0 Å². The standard InChI is InChI=1S/C14H12F3NO2S/c15-14(16,17)12-6-8-13(9-7-12)18-21(19,20)10-11-4-2-1-3-5-11/h1-9,18H,10H2. The molecule has 0 bridgehead atoms. The van der Waals surface area contributed by atoms with E-state index in [1.807, 2.05) is 0 Å². The zero-order valence-electron chi connectivity index (χ0n) is 10.8. The van der Waals surface area contributed by atoms with E-state index in [0.29, 0.717) is 5.56 Å². The van der Waals surface area contributed by atoms with Crippen molar-refractivity contribution in [3.63, 3.8) is 0 Å². The van der Waals surface area contributed by atoms with E-state index in [1.54, 1.807) is 30.3 Å². The first-order valence-electron chi connectivity index (χ1n) is 5.98. The van der Waals surface area contributed by atoms with Crippen molar-refractivity contribution in [2.24, 2.45) is 0 Å². The maximum Gasteiger partial charge on any atom is 0.416 e. The number of alkyl halides is 3. The van der Waals surface area contributed by atoms with Crippen molar-refractivity contribution in [3.8, 4) is 0 Å². The van der Waals surface area contributed by atoms with Crippen molar-refractivity contribution >= 4 is 15.7 Å². The Hall–Kier alpha value is -2.02. The fraction of sp³-hybridized carbons (Fsp3) is 0.143. The average Bonchev–Trinajstić information content (AvgIpc) is 2.38. The van der Waals surface area contributed by atoms with Gasteiger partial charge in [0.15, 0.2) is 0 Å². The number of anilines is 1. The monoisotopic (exact) mass is 315 g/mol. The van der Waals surface area contributed by atoms with E-state index in [2.05, 4.69) is 4.72 Å². The lowest BCUT2D eigenvalue weighted by Gasteiger charge is -2.10. The highest BCUT2D eigenvalue weighted by Gasteiger charge is 2.30. The summed E-state index contributed by atoms with van der Waals surface area (Å²) in [5.41, 5.74) is -0.135. The summed E-state index contributed by atoms with van der Waals surface area (Å²) in [5.74, 6) is -0.241. The number of hydrogen-bond donors (Lipinski definition) is 1. The van der Waals surface area contributed by atoms with Crippen LogP contribution in [0.3, 0.4) is 0 Å². The van der Waals surface area contributed by atoms with Gasteiger partial charge >= 0.3 is 6.18 Å². The first kappa shape index (κ1) is 15.4. The number of halogens is 3. The highest BCUT2D eigenvalue weighted by Crippen LogP contribution is 2.30. The summed E-state index contributed by atoms with van der Waals surface area (Å²) >= 11 is 0. The van der Waals surface area contributed by atoms with Crippen LogP contribution < -0.4 is 4.72 Å². The number of nitrogens with one attached hydrogen (secondary N) is 1. The van der Waals surface area contributed by atoms with Crippen LogP contribution in [-0.4, -0.2) is 8.42 Å². The topological polar surface area (TPSA) is 46.2 Å². The lowest BCUT2D eigenvalue weighted by Crippen LogP contribution is -2.15. The summed E-state index contributed by atoms with van der Waals surface area (Å²) < 4.78 is 63.3. The van der Waals surface area contributed by atoms with Gasteiger partial charge in [0, 0.05) is 5.69 Å². The highest BCUT2D eigenvalue weighted by molar-refractivity contribution is 7.91. The van der Waals surface area contributed by atoms with Crippen molar-refractivity contribution in [1.29, 1.82) is 0 Å². The Kier molecular flexibility index (Phi) is 4.22. The zero-order chi connectivity index (χ0) is 15.5. The molecule has 0 unspecified atom stereocenters. The number of hydrogen-bond acceptors (Lipinski definition) is 2. The van der Waals surface area contributed by atoms with E-state index in [9.17, 15) is 21.6 Å². The fourth-order valence-corrected chi connectivity index (χ4v) is 2.94. The summed E-state index contributed by atoms with van der Waals surface area (Å²) in [4.78, 5) is 0. The Bertz CT molecular complexity index is 695. The van der Waals surface area contributed by atoms with Gasteiger partial charge in [0.2, 0.25) is 10.0 Å². The van der Waals surface area contributed by atoms with Gasteiger partial charge in [-0.1, -0.05) is 30.3 Å². The van der Waals surface area contributed by atoms with Crippen LogP contribution in [0.2, 0.25) is 0 Å². The second kappa shape index (κ2) is 5.77. The molecule has 0 aliphatic heterocycles. The molecule has 0 saturated carbocycles. The van der Waals surface area contributed by atoms with Gasteiger partial charge in [0.1, 0.15) is 0 Å². The molecule has 0 fully saturated rings. The Morgan fingerprint density at radius 2 is 1.48 bits per heavy atom. The van der Waals surface area contributed by atoms with Gasteiger partial charge in [-0.25, -0.2) is 8.42 Å². The lowest BCUT2D eigenvalue weighted by atomic mass is 10.2. The third-order valence-electron chi connectivity index (χ3n) is 2.69. The molecule has 0 aromatic heterocycles. The van der Waals surface area contributed by atoms with E-state index in [1.165, 1.54) is 0 Å². The molecule has 0 atom stereocenters. The first-order chi connectivity index (χ1) is 9.76. The largest absolute Gasteiger partial charge is 0.416 e. The molecule has 112 valence electrons. The number of rotatable bonds is 4. The number of sulfonamides is 1. The van der Waals surface area contributed by atoms with E-state index in [4.69, 9.17) is 0 Å². The molecule has 2 rings (SSSR count). The first-order valence-corrected chi connectivity index (χ1v) is 7.63. The molecule has 3 nitrogen and oxygen atoms in total. The second-order valence-corrected chi connectivity index (χ2v) is 6.14. The van der Waals surface area contributed by atoms with Crippen molar-refractivity contribution in [2.45, 2.75) is 11.9 Å².